The molecule has 3 unspecified atom stereocenters. The molecule has 1 fully saturated rings. The lowest BCUT2D eigenvalue weighted by Gasteiger charge is -2.31. The van der Waals surface area contributed by atoms with Gasteiger partial charge in [-0.05, 0) is 37.6 Å². The van der Waals surface area contributed by atoms with Crippen molar-refractivity contribution in [2.75, 3.05) is 25.6 Å². The Kier molecular flexibility index (Phi) is 6.66. The molecule has 4 heterocycles. The Morgan fingerprint density at radius 1 is 1.31 bits per heavy atom. The van der Waals surface area contributed by atoms with E-state index in [1.807, 2.05) is 26.1 Å². The SMILES string of the molecule is CC.CN1Nc2ncccc2C1C1=CC=CC(NCC2CCCCN2)N1. The third kappa shape index (κ3) is 4.26. The fraction of sp³-hybridized carbons (Fsp3) is 0.550. The fourth-order valence-corrected chi connectivity index (χ4v) is 3.75. The molecule has 4 rings (SSSR count). The van der Waals surface area contributed by atoms with Crippen LogP contribution in [0.15, 0.2) is 42.3 Å². The second-order valence-corrected chi connectivity index (χ2v) is 6.75. The summed E-state index contributed by atoms with van der Waals surface area (Å²) in [7, 11) is 2.06. The van der Waals surface area contributed by atoms with Crippen molar-refractivity contribution in [3.63, 3.8) is 0 Å². The number of allylic oxidation sites excluding steroid dienone is 2. The average molecular weight is 357 g/mol. The summed E-state index contributed by atoms with van der Waals surface area (Å²) >= 11 is 0. The number of likely N-dealkylation sites (N-methyl/N-ethyl adjacent to an activating group) is 1. The third-order valence-electron chi connectivity index (χ3n) is 5.00. The van der Waals surface area contributed by atoms with Crippen LogP contribution >= 0.6 is 0 Å². The topological polar surface area (TPSA) is 64.2 Å². The highest BCUT2D eigenvalue weighted by atomic mass is 15.5. The summed E-state index contributed by atoms with van der Waals surface area (Å²) in [5, 5.41) is 13.0. The molecule has 26 heavy (non-hydrogen) atoms. The van der Waals surface area contributed by atoms with E-state index in [9.17, 15) is 0 Å². The Hall–Kier alpha value is -1.89. The molecule has 6 nitrogen and oxygen atoms in total. The number of fused-ring (bicyclic) bond motifs is 1. The van der Waals surface area contributed by atoms with Crippen molar-refractivity contribution < 1.29 is 0 Å². The Labute approximate surface area is 157 Å². The predicted molar refractivity (Wildman–Crippen MR) is 108 cm³/mol. The van der Waals surface area contributed by atoms with Crippen LogP contribution in [0.25, 0.3) is 0 Å². The van der Waals surface area contributed by atoms with Gasteiger partial charge in [0.2, 0.25) is 0 Å². The second-order valence-electron chi connectivity index (χ2n) is 6.75. The zero-order valence-corrected chi connectivity index (χ0v) is 16.1. The van der Waals surface area contributed by atoms with Crippen LogP contribution in [0.3, 0.4) is 0 Å². The van der Waals surface area contributed by atoms with Crippen molar-refractivity contribution in [1.29, 1.82) is 0 Å². The molecule has 0 saturated carbocycles. The molecule has 0 radical (unpaired) electrons. The maximum atomic E-state index is 4.42. The number of nitrogens with one attached hydrogen (secondary N) is 4. The largest absolute Gasteiger partial charge is 0.368 e. The van der Waals surface area contributed by atoms with Crippen LogP contribution in [-0.4, -0.2) is 42.3 Å². The molecule has 1 saturated heterocycles. The van der Waals surface area contributed by atoms with E-state index in [-0.39, 0.29) is 12.2 Å². The first-order valence-corrected chi connectivity index (χ1v) is 9.87. The van der Waals surface area contributed by atoms with E-state index in [2.05, 4.69) is 62.7 Å². The molecule has 0 bridgehead atoms. The van der Waals surface area contributed by atoms with E-state index in [4.69, 9.17) is 0 Å². The highest BCUT2D eigenvalue weighted by molar-refractivity contribution is 5.53. The molecule has 0 aromatic carbocycles. The lowest BCUT2D eigenvalue weighted by Crippen LogP contribution is -2.50. The van der Waals surface area contributed by atoms with Crippen LogP contribution in [0.2, 0.25) is 0 Å². The monoisotopic (exact) mass is 356 g/mol. The van der Waals surface area contributed by atoms with E-state index < -0.39 is 0 Å². The predicted octanol–water partition coefficient (Wildman–Crippen LogP) is 2.52. The smallest absolute Gasteiger partial charge is 0.145 e. The highest BCUT2D eigenvalue weighted by Gasteiger charge is 2.32. The summed E-state index contributed by atoms with van der Waals surface area (Å²) in [5.74, 6) is 0.943. The van der Waals surface area contributed by atoms with Crippen molar-refractivity contribution in [2.24, 2.45) is 0 Å². The number of nitrogens with zero attached hydrogens (tertiary/aromatic N) is 2. The minimum atomic E-state index is 0.163. The number of hydrazine groups is 1. The van der Waals surface area contributed by atoms with Crippen LogP contribution in [0.1, 0.15) is 44.7 Å². The molecule has 0 aliphatic carbocycles. The minimum Gasteiger partial charge on any atom is -0.368 e. The van der Waals surface area contributed by atoms with Crippen molar-refractivity contribution in [2.45, 2.75) is 51.4 Å². The van der Waals surface area contributed by atoms with Crippen LogP contribution in [0, 0.1) is 0 Å². The number of hydrogen-bond acceptors (Lipinski definition) is 6. The molecule has 6 heteroatoms. The molecule has 3 atom stereocenters. The Morgan fingerprint density at radius 3 is 3.00 bits per heavy atom. The van der Waals surface area contributed by atoms with Crippen LogP contribution in [0.5, 0.6) is 0 Å². The van der Waals surface area contributed by atoms with E-state index in [1.165, 1.54) is 30.5 Å². The molecule has 142 valence electrons. The molecule has 3 aliphatic heterocycles. The Morgan fingerprint density at radius 2 is 2.19 bits per heavy atom. The molecular formula is C20H32N6. The standard InChI is InChI=1S/C18H26N6.C2H6/c1-24-17(14-7-5-11-20-18(14)23-24)15-8-4-9-16(22-15)21-12-13-6-2-3-10-19-13;1-2/h4-5,7-9,11,13,16-17,19,21-22H,2-3,6,10,12H2,1H3,(H,20,23);1-2H3. The number of pyridine rings is 1. The summed E-state index contributed by atoms with van der Waals surface area (Å²) < 4.78 is 0. The van der Waals surface area contributed by atoms with Gasteiger partial charge in [0.25, 0.3) is 0 Å². The molecule has 4 N–H and O–H groups in total. The lowest BCUT2D eigenvalue weighted by atomic mass is 10.0. The maximum absolute atomic E-state index is 4.42. The van der Waals surface area contributed by atoms with Gasteiger partial charge in [-0.25, -0.2) is 9.99 Å². The van der Waals surface area contributed by atoms with E-state index in [0.717, 1.165) is 18.9 Å². The van der Waals surface area contributed by atoms with Crippen LogP contribution in [-0.2, 0) is 0 Å². The summed E-state index contributed by atoms with van der Waals surface area (Å²) in [5.41, 5.74) is 5.73. The van der Waals surface area contributed by atoms with E-state index >= 15 is 0 Å². The zero-order valence-electron chi connectivity index (χ0n) is 16.1. The summed E-state index contributed by atoms with van der Waals surface area (Å²) in [6, 6.07) is 4.88. The molecule has 0 amide bonds. The molecule has 3 aliphatic rings. The van der Waals surface area contributed by atoms with Gasteiger partial charge in [0, 0.05) is 37.1 Å². The molecule has 1 aromatic rings. The quantitative estimate of drug-likeness (QED) is 0.665. The van der Waals surface area contributed by atoms with Crippen LogP contribution in [0.4, 0.5) is 5.82 Å². The summed E-state index contributed by atoms with van der Waals surface area (Å²) in [6.45, 7) is 6.14. The van der Waals surface area contributed by atoms with Gasteiger partial charge in [-0.3, -0.25) is 5.32 Å². The first-order valence-electron chi connectivity index (χ1n) is 9.87. The van der Waals surface area contributed by atoms with Gasteiger partial charge in [0.05, 0.1) is 12.2 Å². The molecule has 1 aromatic heterocycles. The zero-order chi connectivity index (χ0) is 18.4. The third-order valence-corrected chi connectivity index (χ3v) is 5.00. The Bertz CT molecular complexity index is 635. The van der Waals surface area contributed by atoms with Gasteiger partial charge in [-0.1, -0.05) is 32.4 Å². The second kappa shape index (κ2) is 9.16. The molecule has 0 spiro atoms. The van der Waals surface area contributed by atoms with E-state index in [1.54, 1.807) is 0 Å². The van der Waals surface area contributed by atoms with Gasteiger partial charge in [-0.15, -0.1) is 0 Å². The van der Waals surface area contributed by atoms with Crippen molar-refractivity contribution in [1.82, 2.24) is 25.9 Å². The number of rotatable bonds is 4. The lowest BCUT2D eigenvalue weighted by molar-refractivity contribution is 0.327. The van der Waals surface area contributed by atoms with Gasteiger partial charge >= 0.3 is 0 Å². The first-order chi connectivity index (χ1) is 12.8. The van der Waals surface area contributed by atoms with Crippen molar-refractivity contribution in [3.05, 3.63) is 47.8 Å². The fourth-order valence-electron chi connectivity index (χ4n) is 3.75. The number of hydrogen-bond donors (Lipinski definition) is 4. The number of aromatic nitrogens is 1. The normalized spacial score (nSPS) is 27.5. The highest BCUT2D eigenvalue weighted by Crippen LogP contribution is 2.36. The van der Waals surface area contributed by atoms with Gasteiger partial charge in [0.1, 0.15) is 5.82 Å². The first kappa shape index (κ1) is 18.9. The van der Waals surface area contributed by atoms with Gasteiger partial charge in [-0.2, -0.15) is 0 Å². The van der Waals surface area contributed by atoms with Gasteiger partial charge in [0.15, 0.2) is 0 Å². The van der Waals surface area contributed by atoms with Gasteiger partial charge < -0.3 is 16.1 Å². The number of piperidine rings is 1. The number of anilines is 1. The minimum absolute atomic E-state index is 0.163. The van der Waals surface area contributed by atoms with Crippen molar-refractivity contribution >= 4 is 5.82 Å². The number of dihydropyridines is 1. The average Bonchev–Trinajstić information content (AvgIpc) is 3.05. The van der Waals surface area contributed by atoms with E-state index in [0.29, 0.717) is 6.04 Å². The summed E-state index contributed by atoms with van der Waals surface area (Å²) in [6.07, 6.45) is 12.4. The Balaban J connectivity index is 0.000000948. The molecular weight excluding hydrogens is 324 g/mol. The maximum Gasteiger partial charge on any atom is 0.145 e. The summed E-state index contributed by atoms with van der Waals surface area (Å²) in [4.78, 5) is 4.42. The van der Waals surface area contributed by atoms with Crippen LogP contribution < -0.4 is 21.4 Å². The van der Waals surface area contributed by atoms with Crippen molar-refractivity contribution in [3.8, 4) is 0 Å².